The van der Waals surface area contributed by atoms with Crippen molar-refractivity contribution in [2.45, 2.75) is 0 Å². The van der Waals surface area contributed by atoms with E-state index in [4.69, 9.17) is 5.73 Å². The van der Waals surface area contributed by atoms with Crippen LogP contribution in [0, 0.1) is 5.21 Å². The topological polar surface area (TPSA) is 70.0 Å². The van der Waals surface area contributed by atoms with Gasteiger partial charge in [-0.2, -0.15) is 4.73 Å². The molecule has 0 bridgehead atoms. The van der Waals surface area contributed by atoms with E-state index in [9.17, 15) is 10.0 Å². The second kappa shape index (κ2) is 3.70. The van der Waals surface area contributed by atoms with Crippen molar-refractivity contribution in [1.82, 2.24) is 0 Å². The van der Waals surface area contributed by atoms with Gasteiger partial charge in [0.1, 0.15) is 0 Å². The summed E-state index contributed by atoms with van der Waals surface area (Å²) in [6, 6.07) is 14.4. The minimum Gasteiger partial charge on any atom is -0.618 e. The lowest BCUT2D eigenvalue weighted by Crippen LogP contribution is -2.38. The third kappa shape index (κ3) is 1.32. The number of carbonyl (C=O) groups excluding carboxylic acids is 1. The minimum absolute atomic E-state index is 0.00991. The van der Waals surface area contributed by atoms with Crippen LogP contribution in [0.3, 0.4) is 0 Å². The molecule has 0 atom stereocenters. The van der Waals surface area contributed by atoms with Gasteiger partial charge in [-0.25, -0.2) is 0 Å². The van der Waals surface area contributed by atoms with Crippen LogP contribution >= 0.6 is 0 Å². The van der Waals surface area contributed by atoms with E-state index in [1.807, 2.05) is 24.3 Å². The van der Waals surface area contributed by atoms with Gasteiger partial charge in [-0.3, -0.25) is 4.79 Å². The molecular formula is C14H10N2O2. The second-order valence-electron chi connectivity index (χ2n) is 4.07. The Morgan fingerprint density at radius 1 is 0.944 bits per heavy atom. The van der Waals surface area contributed by atoms with Crippen molar-refractivity contribution in [2.75, 3.05) is 0 Å². The normalized spacial score (nSPS) is 10.9. The predicted octanol–water partition coefficient (Wildman–Crippen LogP) is 1.73. The quantitative estimate of drug-likeness (QED) is 0.398. The number of pyridine rings is 1. The molecule has 0 saturated carbocycles. The summed E-state index contributed by atoms with van der Waals surface area (Å²) in [5.41, 5.74) is 5.75. The highest BCUT2D eigenvalue weighted by atomic mass is 16.5. The first-order valence-electron chi connectivity index (χ1n) is 5.53. The molecule has 0 aliphatic rings. The van der Waals surface area contributed by atoms with Crippen molar-refractivity contribution in [2.24, 2.45) is 5.73 Å². The standard InChI is InChI=1S/C14H10N2O2/c15-14(17)13-11-7-2-1-5-9(11)10-6-3-4-8-12(10)16(13)18/h1-8H,(H2,15,17). The van der Waals surface area contributed by atoms with Crippen LogP contribution in [0.2, 0.25) is 0 Å². The molecule has 0 fully saturated rings. The fraction of sp³-hybridized carbons (Fsp3) is 0. The van der Waals surface area contributed by atoms with Gasteiger partial charge in [-0.15, -0.1) is 0 Å². The molecule has 4 nitrogen and oxygen atoms in total. The smallest absolute Gasteiger partial charge is 0.315 e. The highest BCUT2D eigenvalue weighted by Gasteiger charge is 2.21. The number of nitrogens with two attached hydrogens (primary N) is 1. The zero-order chi connectivity index (χ0) is 12.7. The molecule has 0 aliphatic heterocycles. The number of amides is 1. The number of fused-ring (bicyclic) bond motifs is 3. The average molecular weight is 238 g/mol. The lowest BCUT2D eigenvalue weighted by Gasteiger charge is -2.09. The van der Waals surface area contributed by atoms with E-state index in [0.29, 0.717) is 15.6 Å². The van der Waals surface area contributed by atoms with Crippen LogP contribution in [0.5, 0.6) is 0 Å². The number of primary amides is 1. The molecule has 0 spiro atoms. The van der Waals surface area contributed by atoms with E-state index in [-0.39, 0.29) is 5.69 Å². The van der Waals surface area contributed by atoms with Crippen molar-refractivity contribution < 1.29 is 9.52 Å². The number of rotatable bonds is 1. The largest absolute Gasteiger partial charge is 0.618 e. The van der Waals surface area contributed by atoms with Crippen molar-refractivity contribution >= 4 is 27.6 Å². The fourth-order valence-corrected chi connectivity index (χ4v) is 2.27. The summed E-state index contributed by atoms with van der Waals surface area (Å²) in [6.07, 6.45) is 0. The maximum absolute atomic E-state index is 12.2. The van der Waals surface area contributed by atoms with Crippen LogP contribution in [0.1, 0.15) is 10.5 Å². The van der Waals surface area contributed by atoms with Crippen molar-refractivity contribution in [1.29, 1.82) is 0 Å². The average Bonchev–Trinajstić information content (AvgIpc) is 2.39. The number of aromatic nitrogens is 1. The molecule has 0 aliphatic carbocycles. The Labute approximate surface area is 103 Å². The second-order valence-corrected chi connectivity index (χ2v) is 4.07. The van der Waals surface area contributed by atoms with Crippen molar-refractivity contribution in [3.8, 4) is 0 Å². The van der Waals surface area contributed by atoms with E-state index in [2.05, 4.69) is 0 Å². The minimum atomic E-state index is -0.716. The molecule has 88 valence electrons. The highest BCUT2D eigenvalue weighted by molar-refractivity contribution is 6.11. The summed E-state index contributed by atoms with van der Waals surface area (Å²) in [7, 11) is 0. The van der Waals surface area contributed by atoms with E-state index in [1.165, 1.54) is 0 Å². The molecule has 2 aromatic carbocycles. The SMILES string of the molecule is NC(=O)c1c2ccccc2c2ccccc2[n+]1[O-]. The Balaban J connectivity index is 2.66. The van der Waals surface area contributed by atoms with Crippen LogP contribution in [-0.2, 0) is 0 Å². The molecule has 3 aromatic rings. The van der Waals surface area contributed by atoms with Gasteiger partial charge < -0.3 is 10.9 Å². The first-order valence-corrected chi connectivity index (χ1v) is 5.53. The Hall–Kier alpha value is -2.62. The van der Waals surface area contributed by atoms with Crippen LogP contribution in [0.25, 0.3) is 21.7 Å². The maximum Gasteiger partial charge on any atom is 0.315 e. The summed E-state index contributed by atoms with van der Waals surface area (Å²) in [5.74, 6) is -0.716. The van der Waals surface area contributed by atoms with Crippen molar-refractivity contribution in [3.05, 3.63) is 59.4 Å². The van der Waals surface area contributed by atoms with E-state index in [1.54, 1.807) is 24.3 Å². The number of carbonyl (C=O) groups is 1. The zero-order valence-electron chi connectivity index (χ0n) is 9.46. The zero-order valence-corrected chi connectivity index (χ0v) is 9.46. The third-order valence-corrected chi connectivity index (χ3v) is 3.03. The summed E-state index contributed by atoms with van der Waals surface area (Å²) in [5, 5.41) is 14.5. The fourth-order valence-electron chi connectivity index (χ4n) is 2.27. The molecule has 0 saturated heterocycles. The van der Waals surface area contributed by atoms with Gasteiger partial charge in [0.2, 0.25) is 5.52 Å². The van der Waals surface area contributed by atoms with Crippen LogP contribution in [-0.4, -0.2) is 5.91 Å². The van der Waals surface area contributed by atoms with Gasteiger partial charge in [-0.1, -0.05) is 30.3 Å². The highest BCUT2D eigenvalue weighted by Crippen LogP contribution is 2.24. The number of benzene rings is 2. The van der Waals surface area contributed by atoms with E-state index in [0.717, 1.165) is 10.8 Å². The number of nitrogens with zero attached hydrogens (tertiary/aromatic N) is 1. The monoisotopic (exact) mass is 238 g/mol. The molecular weight excluding hydrogens is 228 g/mol. The number of para-hydroxylation sites is 1. The van der Waals surface area contributed by atoms with Gasteiger partial charge in [0.05, 0.1) is 10.8 Å². The molecule has 18 heavy (non-hydrogen) atoms. The number of hydrogen-bond donors (Lipinski definition) is 1. The molecule has 1 aromatic heterocycles. The lowest BCUT2D eigenvalue weighted by atomic mass is 10.0. The molecule has 1 amide bonds. The van der Waals surface area contributed by atoms with Gasteiger partial charge >= 0.3 is 5.91 Å². The Kier molecular flexibility index (Phi) is 2.16. The van der Waals surface area contributed by atoms with Crippen LogP contribution < -0.4 is 10.5 Å². The van der Waals surface area contributed by atoms with Gasteiger partial charge in [0.15, 0.2) is 0 Å². The van der Waals surface area contributed by atoms with Crippen LogP contribution in [0.4, 0.5) is 0 Å². The van der Waals surface area contributed by atoms with Crippen molar-refractivity contribution in [3.63, 3.8) is 0 Å². The molecule has 3 rings (SSSR count). The summed E-state index contributed by atoms with van der Waals surface area (Å²) >= 11 is 0. The molecule has 4 heteroatoms. The summed E-state index contributed by atoms with van der Waals surface area (Å²) in [4.78, 5) is 11.5. The van der Waals surface area contributed by atoms with Gasteiger partial charge in [0.25, 0.3) is 5.69 Å². The molecule has 1 heterocycles. The molecule has 0 unspecified atom stereocenters. The Bertz CT molecular complexity index is 781. The first-order chi connectivity index (χ1) is 8.70. The number of hydrogen-bond acceptors (Lipinski definition) is 2. The van der Waals surface area contributed by atoms with Gasteiger partial charge in [0, 0.05) is 11.5 Å². The summed E-state index contributed by atoms with van der Waals surface area (Å²) in [6.45, 7) is 0. The lowest BCUT2D eigenvalue weighted by molar-refractivity contribution is -0.577. The first kappa shape index (κ1) is 10.5. The molecule has 0 radical (unpaired) electrons. The van der Waals surface area contributed by atoms with E-state index >= 15 is 0 Å². The van der Waals surface area contributed by atoms with Gasteiger partial charge in [-0.05, 0) is 12.1 Å². The Morgan fingerprint density at radius 3 is 2.17 bits per heavy atom. The predicted molar refractivity (Wildman–Crippen MR) is 68.9 cm³/mol. The van der Waals surface area contributed by atoms with Crippen LogP contribution in [0.15, 0.2) is 48.5 Å². The maximum atomic E-state index is 12.2. The molecule has 2 N–H and O–H groups in total. The van der Waals surface area contributed by atoms with E-state index < -0.39 is 5.91 Å². The Morgan fingerprint density at radius 2 is 1.50 bits per heavy atom. The third-order valence-electron chi connectivity index (χ3n) is 3.03. The summed E-state index contributed by atoms with van der Waals surface area (Å²) < 4.78 is 0.611.